The van der Waals surface area contributed by atoms with Gasteiger partial charge in [0.15, 0.2) is 0 Å². The number of hydrogen-bond acceptors (Lipinski definition) is 3. The van der Waals surface area contributed by atoms with Crippen molar-refractivity contribution < 1.29 is 14.3 Å². The van der Waals surface area contributed by atoms with Gasteiger partial charge in [0, 0.05) is 6.20 Å². The first-order valence-electron chi connectivity index (χ1n) is 4.49. The average molecular weight is 206 g/mol. The summed E-state index contributed by atoms with van der Waals surface area (Å²) in [5, 5.41) is 12.8. The molecule has 0 aliphatic carbocycles. The highest BCUT2D eigenvalue weighted by Gasteiger charge is 2.14. The molecule has 0 aromatic carbocycles. The van der Waals surface area contributed by atoms with E-state index < -0.39 is 12.0 Å². The normalized spacial score (nSPS) is 12.6. The molecule has 5 nitrogen and oxygen atoms in total. The highest BCUT2D eigenvalue weighted by atomic mass is 16.4. The second kappa shape index (κ2) is 3.61. The summed E-state index contributed by atoms with van der Waals surface area (Å²) in [6.45, 7) is 1.57. The molecule has 15 heavy (non-hydrogen) atoms. The van der Waals surface area contributed by atoms with Crippen molar-refractivity contribution in [3.8, 4) is 11.3 Å². The molecular weight excluding hydrogens is 196 g/mol. The average Bonchev–Trinajstić information content (AvgIpc) is 2.86. The van der Waals surface area contributed by atoms with Crippen LogP contribution in [0.3, 0.4) is 0 Å². The molecule has 0 bridgehead atoms. The zero-order valence-corrected chi connectivity index (χ0v) is 8.12. The highest BCUT2D eigenvalue weighted by molar-refractivity contribution is 5.71. The fourth-order valence-electron chi connectivity index (χ4n) is 1.23. The Labute approximate surface area is 85.9 Å². The molecule has 1 N–H and O–H groups in total. The zero-order chi connectivity index (χ0) is 10.8. The number of carboxylic acid groups (broad SMARTS) is 1. The maximum Gasteiger partial charge on any atom is 0.328 e. The number of aromatic nitrogens is 2. The number of hydrogen-bond donors (Lipinski definition) is 1. The summed E-state index contributed by atoms with van der Waals surface area (Å²) < 4.78 is 6.56. The summed E-state index contributed by atoms with van der Waals surface area (Å²) in [5.41, 5.74) is 0.771. The number of nitrogens with zero attached hydrogens (tertiary/aromatic N) is 2. The summed E-state index contributed by atoms with van der Waals surface area (Å²) in [7, 11) is 0. The van der Waals surface area contributed by atoms with E-state index in [1.165, 1.54) is 4.68 Å². The Balaban J connectivity index is 2.28. The van der Waals surface area contributed by atoms with Crippen molar-refractivity contribution in [2.24, 2.45) is 0 Å². The molecule has 78 valence electrons. The van der Waals surface area contributed by atoms with E-state index in [1.807, 2.05) is 0 Å². The van der Waals surface area contributed by atoms with Crippen LogP contribution in [0.5, 0.6) is 0 Å². The molecule has 0 saturated carbocycles. The Morgan fingerprint density at radius 1 is 1.67 bits per heavy atom. The minimum absolute atomic E-state index is 0.672. The molecule has 0 radical (unpaired) electrons. The van der Waals surface area contributed by atoms with Crippen LogP contribution in [0, 0.1) is 0 Å². The second-order valence-electron chi connectivity index (χ2n) is 3.20. The number of rotatable bonds is 3. The summed E-state index contributed by atoms with van der Waals surface area (Å²) >= 11 is 0. The topological polar surface area (TPSA) is 68.3 Å². The molecule has 0 unspecified atom stereocenters. The van der Waals surface area contributed by atoms with Gasteiger partial charge in [-0.2, -0.15) is 5.10 Å². The van der Waals surface area contributed by atoms with Crippen molar-refractivity contribution in [3.63, 3.8) is 0 Å². The Morgan fingerprint density at radius 3 is 3.07 bits per heavy atom. The number of carboxylic acids is 1. The smallest absolute Gasteiger partial charge is 0.328 e. The van der Waals surface area contributed by atoms with E-state index in [0.29, 0.717) is 5.76 Å². The Bertz CT molecular complexity index is 459. The highest BCUT2D eigenvalue weighted by Crippen LogP contribution is 2.20. The summed E-state index contributed by atoms with van der Waals surface area (Å²) in [5.74, 6) is -0.233. The van der Waals surface area contributed by atoms with E-state index in [4.69, 9.17) is 9.52 Å². The first-order valence-corrected chi connectivity index (χ1v) is 4.49. The molecule has 2 aromatic rings. The number of aliphatic carboxylic acids is 1. The third kappa shape index (κ3) is 1.76. The molecule has 0 aliphatic heterocycles. The fourth-order valence-corrected chi connectivity index (χ4v) is 1.23. The Hall–Kier alpha value is -2.04. The summed E-state index contributed by atoms with van der Waals surface area (Å²) in [6, 6.07) is 2.90. The van der Waals surface area contributed by atoms with Gasteiger partial charge in [0.1, 0.15) is 11.8 Å². The Morgan fingerprint density at radius 2 is 2.47 bits per heavy atom. The number of furan rings is 1. The molecule has 1 atom stereocenters. The molecule has 2 aromatic heterocycles. The predicted molar refractivity (Wildman–Crippen MR) is 52.3 cm³/mol. The van der Waals surface area contributed by atoms with Gasteiger partial charge in [0.25, 0.3) is 0 Å². The lowest BCUT2D eigenvalue weighted by Gasteiger charge is -2.04. The van der Waals surface area contributed by atoms with E-state index in [9.17, 15) is 4.79 Å². The van der Waals surface area contributed by atoms with E-state index in [2.05, 4.69) is 5.10 Å². The lowest BCUT2D eigenvalue weighted by molar-refractivity contribution is -0.140. The third-order valence-electron chi connectivity index (χ3n) is 2.16. The quantitative estimate of drug-likeness (QED) is 0.831. The van der Waals surface area contributed by atoms with E-state index in [1.54, 1.807) is 37.7 Å². The third-order valence-corrected chi connectivity index (χ3v) is 2.16. The van der Waals surface area contributed by atoms with Crippen LogP contribution in [0.25, 0.3) is 11.3 Å². The minimum Gasteiger partial charge on any atom is -0.480 e. The lowest BCUT2D eigenvalue weighted by Crippen LogP contribution is -2.15. The first kappa shape index (κ1) is 9.51. The van der Waals surface area contributed by atoms with Gasteiger partial charge in [-0.05, 0) is 19.1 Å². The maximum atomic E-state index is 10.7. The molecule has 2 heterocycles. The lowest BCUT2D eigenvalue weighted by atomic mass is 10.3. The summed E-state index contributed by atoms with van der Waals surface area (Å²) in [4.78, 5) is 10.7. The van der Waals surface area contributed by atoms with Crippen molar-refractivity contribution in [1.29, 1.82) is 0 Å². The molecule has 0 aliphatic rings. The van der Waals surface area contributed by atoms with Gasteiger partial charge in [-0.25, -0.2) is 4.79 Å². The molecule has 2 rings (SSSR count). The molecular formula is C10H10N2O3. The van der Waals surface area contributed by atoms with Crippen LogP contribution < -0.4 is 0 Å². The number of carbonyl (C=O) groups is 1. The molecule has 0 fully saturated rings. The monoisotopic (exact) mass is 206 g/mol. The predicted octanol–water partition coefficient (Wildman–Crippen LogP) is 1.79. The minimum atomic E-state index is -0.913. The fraction of sp³-hybridized carbons (Fsp3) is 0.200. The largest absolute Gasteiger partial charge is 0.480 e. The van der Waals surface area contributed by atoms with Crippen molar-refractivity contribution in [1.82, 2.24) is 9.78 Å². The maximum absolute atomic E-state index is 10.7. The molecule has 0 saturated heterocycles. The molecule has 5 heteroatoms. The van der Waals surface area contributed by atoms with Crippen LogP contribution in [-0.4, -0.2) is 20.9 Å². The van der Waals surface area contributed by atoms with Crippen LogP contribution in [0.2, 0.25) is 0 Å². The van der Waals surface area contributed by atoms with Gasteiger partial charge in [0.2, 0.25) is 0 Å². The van der Waals surface area contributed by atoms with E-state index >= 15 is 0 Å². The van der Waals surface area contributed by atoms with Crippen molar-refractivity contribution >= 4 is 5.97 Å². The second-order valence-corrected chi connectivity index (χ2v) is 3.20. The van der Waals surface area contributed by atoms with Crippen molar-refractivity contribution in [2.45, 2.75) is 13.0 Å². The van der Waals surface area contributed by atoms with Crippen molar-refractivity contribution in [2.75, 3.05) is 0 Å². The van der Waals surface area contributed by atoms with Crippen LogP contribution in [-0.2, 0) is 4.79 Å². The van der Waals surface area contributed by atoms with Gasteiger partial charge in [0.05, 0.1) is 18.0 Å². The SMILES string of the molecule is C[C@@H](C(=O)O)n1cc(-c2ccco2)cn1. The van der Waals surface area contributed by atoms with Gasteiger partial charge >= 0.3 is 5.97 Å². The van der Waals surface area contributed by atoms with Gasteiger partial charge in [-0.1, -0.05) is 0 Å². The van der Waals surface area contributed by atoms with E-state index in [-0.39, 0.29) is 0 Å². The van der Waals surface area contributed by atoms with Crippen LogP contribution in [0.4, 0.5) is 0 Å². The zero-order valence-electron chi connectivity index (χ0n) is 8.12. The Kier molecular flexibility index (Phi) is 2.29. The van der Waals surface area contributed by atoms with Crippen molar-refractivity contribution in [3.05, 3.63) is 30.8 Å². The van der Waals surface area contributed by atoms with Crippen LogP contribution in [0.15, 0.2) is 35.2 Å². The standard InChI is InChI=1S/C10H10N2O3/c1-7(10(13)14)12-6-8(5-11-12)9-3-2-4-15-9/h2-7H,1H3,(H,13,14)/t7-/m0/s1. The van der Waals surface area contributed by atoms with Crippen LogP contribution in [0.1, 0.15) is 13.0 Å². The van der Waals surface area contributed by atoms with Gasteiger partial charge in [-0.15, -0.1) is 0 Å². The van der Waals surface area contributed by atoms with Gasteiger partial charge < -0.3 is 9.52 Å². The van der Waals surface area contributed by atoms with Crippen LogP contribution >= 0.6 is 0 Å². The summed E-state index contributed by atoms with van der Waals surface area (Å²) in [6.07, 6.45) is 4.79. The molecule has 0 spiro atoms. The van der Waals surface area contributed by atoms with Gasteiger partial charge in [-0.3, -0.25) is 4.68 Å². The first-order chi connectivity index (χ1) is 7.18. The van der Waals surface area contributed by atoms with E-state index in [0.717, 1.165) is 5.56 Å². The molecule has 0 amide bonds.